The van der Waals surface area contributed by atoms with Crippen molar-refractivity contribution in [3.8, 4) is 0 Å². The van der Waals surface area contributed by atoms with Crippen LogP contribution < -0.4 is 10.7 Å². The van der Waals surface area contributed by atoms with Crippen molar-refractivity contribution in [2.75, 3.05) is 6.54 Å². The van der Waals surface area contributed by atoms with Gasteiger partial charge in [-0.2, -0.15) is 0 Å². The molecule has 3 N–H and O–H groups in total. The first-order valence-corrected chi connectivity index (χ1v) is 9.29. The summed E-state index contributed by atoms with van der Waals surface area (Å²) in [7, 11) is 0. The smallest absolute Gasteiger partial charge is 0.326 e. The Bertz CT molecular complexity index is 894. The molecule has 0 spiro atoms. The van der Waals surface area contributed by atoms with Crippen molar-refractivity contribution in [1.29, 1.82) is 0 Å². The lowest BCUT2D eigenvalue weighted by Gasteiger charge is -2.17. The number of carbonyl (C=O) groups is 4. The van der Waals surface area contributed by atoms with Gasteiger partial charge in [0.05, 0.1) is 11.1 Å². The summed E-state index contributed by atoms with van der Waals surface area (Å²) >= 11 is 0. The van der Waals surface area contributed by atoms with Gasteiger partial charge < -0.3 is 10.4 Å². The second-order valence-corrected chi connectivity index (χ2v) is 6.63. The molecule has 1 atom stereocenters. The Morgan fingerprint density at radius 3 is 2.07 bits per heavy atom. The molecule has 29 heavy (non-hydrogen) atoms. The molecule has 0 fully saturated rings. The number of carboxylic acids is 1. The maximum absolute atomic E-state index is 12.2. The highest BCUT2D eigenvalue weighted by Gasteiger charge is 2.35. The fourth-order valence-electron chi connectivity index (χ4n) is 3.09. The van der Waals surface area contributed by atoms with Crippen molar-refractivity contribution >= 4 is 23.7 Å². The van der Waals surface area contributed by atoms with Crippen molar-refractivity contribution in [2.45, 2.75) is 25.3 Å². The fraction of sp³-hybridized carbons (Fsp3) is 0.238. The third-order valence-electron chi connectivity index (χ3n) is 4.62. The number of carbonyl (C=O) groups excluding carboxylic acids is 3. The number of hydrazine groups is 1. The summed E-state index contributed by atoms with van der Waals surface area (Å²) in [6.45, 7) is 0.324. The number of nitrogens with one attached hydrogen (secondary N) is 2. The zero-order valence-electron chi connectivity index (χ0n) is 15.6. The number of carboxylic acid groups (broad SMARTS) is 1. The first-order valence-electron chi connectivity index (χ1n) is 9.29. The predicted molar refractivity (Wildman–Crippen MR) is 104 cm³/mol. The topological polar surface area (TPSA) is 116 Å². The van der Waals surface area contributed by atoms with E-state index >= 15 is 0 Å². The Labute approximate surface area is 167 Å². The second kappa shape index (κ2) is 9.11. The standard InChI is InChI=1S/C21H21N3O5/c25-18(14-8-2-1-3-9-14)23-17(21(28)29)12-6-7-13-22-24-19(26)15-10-4-5-11-16(15)20(24)27/h1-5,8-11,17,22H,6-7,12-13H2,(H,23,25)(H,28,29). The average molecular weight is 395 g/mol. The molecule has 8 nitrogen and oxygen atoms in total. The zero-order valence-corrected chi connectivity index (χ0v) is 15.6. The van der Waals surface area contributed by atoms with Crippen molar-refractivity contribution < 1.29 is 24.3 Å². The summed E-state index contributed by atoms with van der Waals surface area (Å²) in [4.78, 5) is 48.0. The summed E-state index contributed by atoms with van der Waals surface area (Å²) in [6, 6.07) is 14.0. The van der Waals surface area contributed by atoms with Gasteiger partial charge in [-0.25, -0.2) is 15.2 Å². The monoisotopic (exact) mass is 395 g/mol. The molecule has 150 valence electrons. The van der Waals surface area contributed by atoms with Gasteiger partial charge in [-0.1, -0.05) is 30.3 Å². The maximum Gasteiger partial charge on any atom is 0.326 e. The van der Waals surface area contributed by atoms with E-state index in [0.29, 0.717) is 36.1 Å². The summed E-state index contributed by atoms with van der Waals surface area (Å²) in [6.07, 6.45) is 1.25. The number of amides is 3. The molecule has 1 heterocycles. The van der Waals surface area contributed by atoms with Crippen molar-refractivity contribution in [3.63, 3.8) is 0 Å². The van der Waals surface area contributed by atoms with Crippen LogP contribution in [-0.2, 0) is 4.79 Å². The van der Waals surface area contributed by atoms with Crippen LogP contribution in [0.25, 0.3) is 0 Å². The molecule has 0 aromatic heterocycles. The normalized spacial score (nSPS) is 13.9. The van der Waals surface area contributed by atoms with E-state index in [1.54, 1.807) is 54.6 Å². The van der Waals surface area contributed by atoms with E-state index in [4.69, 9.17) is 0 Å². The van der Waals surface area contributed by atoms with Gasteiger partial charge in [0.2, 0.25) is 0 Å². The van der Waals surface area contributed by atoms with Crippen molar-refractivity contribution in [2.24, 2.45) is 0 Å². The Kier molecular flexibility index (Phi) is 6.36. The van der Waals surface area contributed by atoms with Crippen molar-refractivity contribution in [3.05, 3.63) is 71.3 Å². The minimum Gasteiger partial charge on any atom is -0.480 e. The first-order chi connectivity index (χ1) is 14.0. The van der Waals surface area contributed by atoms with Gasteiger partial charge in [-0.15, -0.1) is 0 Å². The van der Waals surface area contributed by atoms with Gasteiger partial charge in [0.15, 0.2) is 0 Å². The van der Waals surface area contributed by atoms with E-state index in [1.807, 2.05) is 0 Å². The molecule has 0 saturated carbocycles. The van der Waals surface area contributed by atoms with Crippen molar-refractivity contribution in [1.82, 2.24) is 15.8 Å². The van der Waals surface area contributed by atoms with Crippen LogP contribution in [0.15, 0.2) is 54.6 Å². The molecule has 0 bridgehead atoms. The molecule has 1 unspecified atom stereocenters. The molecule has 3 rings (SSSR count). The number of hydrogen-bond donors (Lipinski definition) is 3. The lowest BCUT2D eigenvalue weighted by molar-refractivity contribution is -0.139. The molecule has 8 heteroatoms. The maximum atomic E-state index is 12.2. The van der Waals surface area contributed by atoms with Crippen LogP contribution in [0.4, 0.5) is 0 Å². The third kappa shape index (κ3) is 4.67. The SMILES string of the molecule is O=C(NC(CCCCNN1C(=O)c2ccccc2C1=O)C(=O)O)c1ccccc1. The Balaban J connectivity index is 1.44. The second-order valence-electron chi connectivity index (χ2n) is 6.63. The van der Waals surface area contributed by atoms with Crippen LogP contribution >= 0.6 is 0 Å². The zero-order chi connectivity index (χ0) is 20.8. The number of benzene rings is 2. The summed E-state index contributed by atoms with van der Waals surface area (Å²) in [5.74, 6) is -2.35. The lowest BCUT2D eigenvalue weighted by Crippen LogP contribution is -2.43. The van der Waals surface area contributed by atoms with Crippen LogP contribution in [0, 0.1) is 0 Å². The quantitative estimate of drug-likeness (QED) is 0.441. The average Bonchev–Trinajstić information content (AvgIpc) is 2.98. The van der Waals surface area contributed by atoms with E-state index in [1.165, 1.54) is 0 Å². The molecule has 0 saturated heterocycles. The largest absolute Gasteiger partial charge is 0.480 e. The van der Waals surface area contributed by atoms with Gasteiger partial charge in [-0.05, 0) is 43.5 Å². The Morgan fingerprint density at radius 1 is 0.897 bits per heavy atom. The number of hydrogen-bond acceptors (Lipinski definition) is 5. The number of nitrogens with zero attached hydrogens (tertiary/aromatic N) is 1. The number of fused-ring (bicyclic) bond motifs is 1. The number of unbranched alkanes of at least 4 members (excludes halogenated alkanes) is 1. The molecule has 0 aliphatic carbocycles. The molecule has 3 amide bonds. The number of imide groups is 1. The number of aliphatic carboxylic acids is 1. The minimum atomic E-state index is -1.11. The first kappa shape index (κ1) is 20.2. The minimum absolute atomic E-state index is 0.234. The van der Waals surface area contributed by atoms with Crippen LogP contribution in [0.5, 0.6) is 0 Å². The van der Waals surface area contributed by atoms with Crippen LogP contribution in [0.2, 0.25) is 0 Å². The predicted octanol–water partition coefficient (Wildman–Crippen LogP) is 1.84. The van der Waals surface area contributed by atoms with E-state index in [2.05, 4.69) is 10.7 Å². The van der Waals surface area contributed by atoms with E-state index in [-0.39, 0.29) is 6.42 Å². The Morgan fingerprint density at radius 2 is 1.48 bits per heavy atom. The van der Waals surface area contributed by atoms with E-state index in [9.17, 15) is 24.3 Å². The molecule has 0 radical (unpaired) electrons. The molecule has 1 aliphatic heterocycles. The van der Waals surface area contributed by atoms with E-state index in [0.717, 1.165) is 5.01 Å². The van der Waals surface area contributed by atoms with Gasteiger partial charge in [-0.3, -0.25) is 14.4 Å². The molecular formula is C21H21N3O5. The highest BCUT2D eigenvalue weighted by molar-refractivity contribution is 6.20. The highest BCUT2D eigenvalue weighted by Crippen LogP contribution is 2.20. The fourth-order valence-corrected chi connectivity index (χ4v) is 3.09. The lowest BCUT2D eigenvalue weighted by atomic mass is 10.1. The van der Waals surface area contributed by atoms with Crippen LogP contribution in [0.3, 0.4) is 0 Å². The third-order valence-corrected chi connectivity index (χ3v) is 4.62. The van der Waals surface area contributed by atoms with Crippen LogP contribution in [0.1, 0.15) is 50.3 Å². The van der Waals surface area contributed by atoms with Gasteiger partial charge in [0.25, 0.3) is 17.7 Å². The Hall–Kier alpha value is -3.52. The van der Waals surface area contributed by atoms with Crippen LogP contribution in [-0.4, -0.2) is 46.4 Å². The summed E-state index contributed by atoms with van der Waals surface area (Å²) < 4.78 is 0. The summed E-state index contributed by atoms with van der Waals surface area (Å²) in [5, 5.41) is 12.8. The molecule has 1 aliphatic rings. The van der Waals surface area contributed by atoms with Gasteiger partial charge in [0, 0.05) is 12.1 Å². The number of rotatable bonds is 9. The van der Waals surface area contributed by atoms with Gasteiger partial charge in [0.1, 0.15) is 6.04 Å². The van der Waals surface area contributed by atoms with Gasteiger partial charge >= 0.3 is 5.97 Å². The molecular weight excluding hydrogens is 374 g/mol. The summed E-state index contributed by atoms with van der Waals surface area (Å²) in [5.41, 5.74) is 3.91. The van der Waals surface area contributed by atoms with E-state index < -0.39 is 29.7 Å². The molecule has 2 aromatic rings. The molecule has 2 aromatic carbocycles. The highest BCUT2D eigenvalue weighted by atomic mass is 16.4.